The smallest absolute Gasteiger partial charge is 0.147 e. The van der Waals surface area contributed by atoms with Crippen molar-refractivity contribution in [3.05, 3.63) is 83.9 Å². The van der Waals surface area contributed by atoms with Crippen molar-refractivity contribution in [3.63, 3.8) is 0 Å². The Labute approximate surface area is 133 Å². The summed E-state index contributed by atoms with van der Waals surface area (Å²) in [6, 6.07) is 17.9. The van der Waals surface area contributed by atoms with Gasteiger partial charge in [-0.15, -0.1) is 11.8 Å². The number of para-hydroxylation sites is 1. The Morgan fingerprint density at radius 3 is 2.41 bits per heavy atom. The Morgan fingerprint density at radius 1 is 1.00 bits per heavy atom. The van der Waals surface area contributed by atoms with Crippen molar-refractivity contribution in [2.45, 2.75) is 11.0 Å². The van der Waals surface area contributed by atoms with E-state index in [4.69, 9.17) is 0 Å². The lowest BCUT2D eigenvalue weighted by molar-refractivity contribution is 0.213. The molecule has 2 aromatic carbocycles. The molecule has 0 saturated heterocycles. The highest BCUT2D eigenvalue weighted by Gasteiger charge is 2.16. The zero-order valence-corrected chi connectivity index (χ0v) is 12.9. The van der Waals surface area contributed by atoms with Gasteiger partial charge in [-0.1, -0.05) is 24.3 Å². The summed E-state index contributed by atoms with van der Waals surface area (Å²) in [5, 5.41) is 10.6. The van der Waals surface area contributed by atoms with Crippen LogP contribution in [0.15, 0.2) is 71.8 Å². The van der Waals surface area contributed by atoms with Gasteiger partial charge in [0.1, 0.15) is 11.9 Å². The van der Waals surface area contributed by atoms with Gasteiger partial charge in [0.2, 0.25) is 0 Å². The number of rotatable bonds is 4. The predicted octanol–water partition coefficient (Wildman–Crippen LogP) is 4.42. The van der Waals surface area contributed by atoms with Crippen LogP contribution in [-0.4, -0.2) is 15.9 Å². The maximum absolute atomic E-state index is 14.0. The highest BCUT2D eigenvalue weighted by atomic mass is 32.2. The number of nitrogens with zero attached hydrogens (tertiary/aromatic N) is 1. The molecule has 1 heterocycles. The number of benzene rings is 2. The van der Waals surface area contributed by atoms with E-state index in [0.29, 0.717) is 11.4 Å². The Kier molecular flexibility index (Phi) is 4.32. The number of aromatic nitrogens is 1. The Morgan fingerprint density at radius 2 is 1.73 bits per heavy atom. The SMILES string of the molecule is CSc1ccc(C(O)c2cccn2-c2ccccc2F)cc1. The third-order valence-corrected chi connectivity index (χ3v) is 4.35. The van der Waals surface area contributed by atoms with Crippen molar-refractivity contribution in [3.8, 4) is 5.69 Å². The molecule has 0 aliphatic rings. The fourth-order valence-corrected chi connectivity index (χ4v) is 2.85. The van der Waals surface area contributed by atoms with Crippen molar-refractivity contribution in [1.82, 2.24) is 4.57 Å². The van der Waals surface area contributed by atoms with Crippen LogP contribution in [0.2, 0.25) is 0 Å². The van der Waals surface area contributed by atoms with Gasteiger partial charge in [0.25, 0.3) is 0 Å². The summed E-state index contributed by atoms with van der Waals surface area (Å²) in [7, 11) is 0. The molecule has 0 spiro atoms. The minimum absolute atomic E-state index is 0.315. The average molecular weight is 313 g/mol. The van der Waals surface area contributed by atoms with E-state index in [0.717, 1.165) is 10.5 Å². The summed E-state index contributed by atoms with van der Waals surface area (Å²) >= 11 is 1.65. The topological polar surface area (TPSA) is 25.2 Å². The van der Waals surface area contributed by atoms with Crippen LogP contribution in [0.25, 0.3) is 5.69 Å². The average Bonchev–Trinajstić information content (AvgIpc) is 3.04. The fraction of sp³-hybridized carbons (Fsp3) is 0.111. The summed E-state index contributed by atoms with van der Waals surface area (Å²) < 4.78 is 15.7. The number of hydrogen-bond donors (Lipinski definition) is 1. The molecule has 3 rings (SSSR count). The Bertz CT molecular complexity index is 767. The second-order valence-electron chi connectivity index (χ2n) is 4.93. The molecule has 1 N–H and O–H groups in total. The molecule has 1 unspecified atom stereocenters. The van der Waals surface area contributed by atoms with Gasteiger partial charge >= 0.3 is 0 Å². The van der Waals surface area contributed by atoms with Gasteiger partial charge in [-0.2, -0.15) is 0 Å². The van der Waals surface area contributed by atoms with Crippen LogP contribution >= 0.6 is 11.8 Å². The zero-order chi connectivity index (χ0) is 15.5. The van der Waals surface area contributed by atoms with E-state index >= 15 is 0 Å². The van der Waals surface area contributed by atoms with Gasteiger partial charge in [-0.25, -0.2) is 4.39 Å². The molecule has 4 heteroatoms. The minimum Gasteiger partial charge on any atom is -0.382 e. The quantitative estimate of drug-likeness (QED) is 0.721. The minimum atomic E-state index is -0.800. The normalized spacial score (nSPS) is 12.3. The van der Waals surface area contributed by atoms with Crippen LogP contribution in [0.1, 0.15) is 17.4 Å². The fourth-order valence-electron chi connectivity index (χ4n) is 2.44. The van der Waals surface area contributed by atoms with Crippen molar-refractivity contribution in [2.24, 2.45) is 0 Å². The first kappa shape index (κ1) is 14.9. The van der Waals surface area contributed by atoms with Crippen LogP contribution in [0, 0.1) is 5.82 Å². The molecule has 0 saturated carbocycles. The molecule has 0 bridgehead atoms. The number of hydrogen-bond acceptors (Lipinski definition) is 2. The number of thioether (sulfide) groups is 1. The summed E-state index contributed by atoms with van der Waals surface area (Å²) in [5.41, 5.74) is 1.86. The van der Waals surface area contributed by atoms with Gasteiger partial charge < -0.3 is 9.67 Å². The second kappa shape index (κ2) is 6.38. The molecule has 0 radical (unpaired) electrons. The van der Waals surface area contributed by atoms with Crippen molar-refractivity contribution in [1.29, 1.82) is 0 Å². The second-order valence-corrected chi connectivity index (χ2v) is 5.81. The number of halogens is 1. The zero-order valence-electron chi connectivity index (χ0n) is 12.1. The molecule has 0 amide bonds. The third-order valence-electron chi connectivity index (χ3n) is 3.60. The molecule has 3 aromatic rings. The number of aliphatic hydroxyl groups excluding tert-OH is 1. The largest absolute Gasteiger partial charge is 0.382 e. The monoisotopic (exact) mass is 313 g/mol. The summed E-state index contributed by atoms with van der Waals surface area (Å²) in [6.07, 6.45) is 2.97. The maximum atomic E-state index is 14.0. The lowest BCUT2D eigenvalue weighted by Gasteiger charge is -2.16. The molecule has 2 nitrogen and oxygen atoms in total. The lowest BCUT2D eigenvalue weighted by Crippen LogP contribution is -2.08. The maximum Gasteiger partial charge on any atom is 0.147 e. The van der Waals surface area contributed by atoms with Gasteiger partial charge in [0.05, 0.1) is 11.4 Å². The molecular weight excluding hydrogens is 297 g/mol. The van der Waals surface area contributed by atoms with E-state index < -0.39 is 6.10 Å². The Hall–Kier alpha value is -2.04. The van der Waals surface area contributed by atoms with Crippen LogP contribution in [-0.2, 0) is 0 Å². The van der Waals surface area contributed by atoms with Crippen molar-refractivity contribution < 1.29 is 9.50 Å². The summed E-state index contributed by atoms with van der Waals surface area (Å²) in [6.45, 7) is 0. The van der Waals surface area contributed by atoms with Gasteiger partial charge in [-0.3, -0.25) is 0 Å². The molecule has 0 aliphatic heterocycles. The van der Waals surface area contributed by atoms with E-state index in [1.165, 1.54) is 6.07 Å². The predicted molar refractivity (Wildman–Crippen MR) is 88.0 cm³/mol. The van der Waals surface area contributed by atoms with Crippen molar-refractivity contribution in [2.75, 3.05) is 6.26 Å². The molecule has 112 valence electrons. The standard InChI is InChI=1S/C18H16FNOS/c1-22-14-10-8-13(9-11-14)18(21)17-7-4-12-20(17)16-6-3-2-5-15(16)19/h2-12,18,21H,1H3. The molecule has 0 aliphatic carbocycles. The van der Waals surface area contributed by atoms with E-state index in [1.54, 1.807) is 52.9 Å². The van der Waals surface area contributed by atoms with Crippen molar-refractivity contribution >= 4 is 11.8 Å². The van der Waals surface area contributed by atoms with Crippen LogP contribution in [0.4, 0.5) is 4.39 Å². The van der Waals surface area contributed by atoms with E-state index in [9.17, 15) is 9.50 Å². The first-order chi connectivity index (χ1) is 10.7. The van der Waals surface area contributed by atoms with Crippen LogP contribution in [0.5, 0.6) is 0 Å². The first-order valence-corrected chi connectivity index (χ1v) is 8.17. The van der Waals surface area contributed by atoms with E-state index in [2.05, 4.69) is 0 Å². The molecule has 22 heavy (non-hydrogen) atoms. The van der Waals surface area contributed by atoms with Crippen LogP contribution < -0.4 is 0 Å². The van der Waals surface area contributed by atoms with Crippen LogP contribution in [0.3, 0.4) is 0 Å². The highest BCUT2D eigenvalue weighted by Crippen LogP contribution is 2.27. The molecule has 1 atom stereocenters. The van der Waals surface area contributed by atoms with Gasteiger partial charge in [0, 0.05) is 11.1 Å². The summed E-state index contributed by atoms with van der Waals surface area (Å²) in [4.78, 5) is 1.14. The summed E-state index contributed by atoms with van der Waals surface area (Å²) in [5.74, 6) is -0.315. The van der Waals surface area contributed by atoms with E-state index in [-0.39, 0.29) is 5.82 Å². The number of aliphatic hydroxyl groups is 1. The molecule has 0 fully saturated rings. The lowest BCUT2D eigenvalue weighted by atomic mass is 10.1. The van der Waals surface area contributed by atoms with E-state index in [1.807, 2.05) is 30.5 Å². The molecule has 1 aromatic heterocycles. The highest BCUT2D eigenvalue weighted by molar-refractivity contribution is 7.98. The van der Waals surface area contributed by atoms with Gasteiger partial charge in [0.15, 0.2) is 0 Å². The molecular formula is C18H16FNOS. The Balaban J connectivity index is 1.99. The van der Waals surface area contributed by atoms with Gasteiger partial charge in [-0.05, 0) is 48.2 Å². The first-order valence-electron chi connectivity index (χ1n) is 6.95. The third kappa shape index (κ3) is 2.80.